The van der Waals surface area contributed by atoms with Gasteiger partial charge in [0.25, 0.3) is 0 Å². The van der Waals surface area contributed by atoms with Gasteiger partial charge in [0.2, 0.25) is 5.91 Å². The number of hydrogen-bond acceptors (Lipinski definition) is 3. The zero-order chi connectivity index (χ0) is 12.8. The van der Waals surface area contributed by atoms with Gasteiger partial charge in [0, 0.05) is 6.08 Å². The van der Waals surface area contributed by atoms with Crippen molar-refractivity contribution in [3.05, 3.63) is 41.5 Å². The van der Waals surface area contributed by atoms with Gasteiger partial charge in [-0.2, -0.15) is 0 Å². The highest BCUT2D eigenvalue weighted by atomic mass is 16.5. The molecule has 1 aromatic carbocycles. The van der Waals surface area contributed by atoms with E-state index < -0.39 is 11.9 Å². The molecule has 17 heavy (non-hydrogen) atoms. The molecule has 0 fully saturated rings. The molecule has 4 heteroatoms. The van der Waals surface area contributed by atoms with Crippen LogP contribution in [-0.4, -0.2) is 18.5 Å². The van der Waals surface area contributed by atoms with Gasteiger partial charge < -0.3 is 10.5 Å². The van der Waals surface area contributed by atoms with Gasteiger partial charge >= 0.3 is 5.97 Å². The van der Waals surface area contributed by atoms with Crippen LogP contribution in [0.5, 0.6) is 0 Å². The first-order chi connectivity index (χ1) is 8.06. The summed E-state index contributed by atoms with van der Waals surface area (Å²) >= 11 is 0. The van der Waals surface area contributed by atoms with Crippen molar-refractivity contribution in [1.82, 2.24) is 0 Å². The van der Waals surface area contributed by atoms with Crippen LogP contribution < -0.4 is 5.73 Å². The average molecular weight is 233 g/mol. The second kappa shape index (κ2) is 5.84. The molecule has 1 rings (SSSR count). The molecule has 0 aliphatic carbocycles. The summed E-state index contributed by atoms with van der Waals surface area (Å²) in [6.45, 7) is 3.81. The number of hydrogen-bond donors (Lipinski definition) is 1. The minimum absolute atomic E-state index is 0.192. The van der Waals surface area contributed by atoms with E-state index >= 15 is 0 Å². The van der Waals surface area contributed by atoms with Gasteiger partial charge in [0.15, 0.2) is 0 Å². The number of esters is 1. The van der Waals surface area contributed by atoms with E-state index in [-0.39, 0.29) is 12.2 Å². The van der Waals surface area contributed by atoms with Crippen molar-refractivity contribution in [2.75, 3.05) is 6.61 Å². The first-order valence-corrected chi connectivity index (χ1v) is 5.30. The molecule has 0 bridgehead atoms. The van der Waals surface area contributed by atoms with Gasteiger partial charge in [-0.1, -0.05) is 24.3 Å². The lowest BCUT2D eigenvalue weighted by Crippen LogP contribution is -2.13. The van der Waals surface area contributed by atoms with Crippen molar-refractivity contribution in [1.29, 1.82) is 0 Å². The fraction of sp³-hybridized carbons (Fsp3) is 0.231. The Hall–Kier alpha value is -2.10. The number of amides is 1. The number of primary amides is 1. The molecule has 0 saturated heterocycles. The van der Waals surface area contributed by atoms with E-state index in [4.69, 9.17) is 10.5 Å². The SMILES string of the molecule is CCOC(=O)/C(=C\C(N)=O)c1ccccc1C. The van der Waals surface area contributed by atoms with Crippen LogP contribution in [0.25, 0.3) is 5.57 Å². The molecule has 1 aromatic rings. The van der Waals surface area contributed by atoms with E-state index in [1.54, 1.807) is 19.1 Å². The van der Waals surface area contributed by atoms with Crippen LogP contribution in [-0.2, 0) is 14.3 Å². The maximum Gasteiger partial charge on any atom is 0.338 e. The number of carbonyl (C=O) groups excluding carboxylic acids is 2. The quantitative estimate of drug-likeness (QED) is 0.631. The number of carbonyl (C=O) groups is 2. The highest BCUT2D eigenvalue weighted by Gasteiger charge is 2.15. The van der Waals surface area contributed by atoms with Crippen LogP contribution in [0, 0.1) is 6.92 Å². The molecule has 0 aliphatic rings. The zero-order valence-electron chi connectivity index (χ0n) is 9.90. The topological polar surface area (TPSA) is 69.4 Å². The van der Waals surface area contributed by atoms with Crippen molar-refractivity contribution >= 4 is 17.4 Å². The maximum atomic E-state index is 11.7. The molecule has 0 aromatic heterocycles. The Morgan fingerprint density at radius 2 is 2.00 bits per heavy atom. The number of benzene rings is 1. The molecule has 90 valence electrons. The molecule has 4 nitrogen and oxygen atoms in total. The van der Waals surface area contributed by atoms with E-state index in [1.165, 1.54) is 0 Å². The number of nitrogens with two attached hydrogens (primary N) is 1. The van der Waals surface area contributed by atoms with Crippen molar-refractivity contribution in [3.63, 3.8) is 0 Å². The predicted octanol–water partition coefficient (Wildman–Crippen LogP) is 1.43. The Bertz CT molecular complexity index is 463. The van der Waals surface area contributed by atoms with Crippen LogP contribution >= 0.6 is 0 Å². The minimum Gasteiger partial charge on any atom is -0.462 e. The van der Waals surface area contributed by atoms with Crippen molar-refractivity contribution < 1.29 is 14.3 Å². The van der Waals surface area contributed by atoms with Gasteiger partial charge in [-0.25, -0.2) is 4.79 Å². The average Bonchev–Trinajstić information content (AvgIpc) is 2.27. The molecule has 0 aliphatic heterocycles. The van der Waals surface area contributed by atoms with Crippen LogP contribution in [0.4, 0.5) is 0 Å². The van der Waals surface area contributed by atoms with Crippen molar-refractivity contribution in [2.45, 2.75) is 13.8 Å². The van der Waals surface area contributed by atoms with Crippen molar-refractivity contribution in [2.24, 2.45) is 5.73 Å². The van der Waals surface area contributed by atoms with Crippen molar-refractivity contribution in [3.8, 4) is 0 Å². The smallest absolute Gasteiger partial charge is 0.338 e. The third kappa shape index (κ3) is 3.45. The summed E-state index contributed by atoms with van der Waals surface area (Å²) in [7, 11) is 0. The molecule has 0 saturated carbocycles. The van der Waals surface area contributed by atoms with Crippen LogP contribution in [0.1, 0.15) is 18.1 Å². The van der Waals surface area contributed by atoms with Gasteiger partial charge in [-0.3, -0.25) is 4.79 Å². The van der Waals surface area contributed by atoms with E-state index in [9.17, 15) is 9.59 Å². The summed E-state index contributed by atoms with van der Waals surface area (Å²) in [5, 5.41) is 0. The first kappa shape index (κ1) is 13.0. The minimum atomic E-state index is -0.670. The zero-order valence-corrected chi connectivity index (χ0v) is 9.90. The second-order valence-electron chi connectivity index (χ2n) is 3.50. The fourth-order valence-electron chi connectivity index (χ4n) is 1.47. The summed E-state index contributed by atoms with van der Waals surface area (Å²) in [6, 6.07) is 7.24. The summed E-state index contributed by atoms with van der Waals surface area (Å²) < 4.78 is 4.90. The second-order valence-corrected chi connectivity index (χ2v) is 3.50. The summed E-state index contributed by atoms with van der Waals surface area (Å²) in [4.78, 5) is 22.7. The standard InChI is InChI=1S/C13H15NO3/c1-3-17-13(16)11(8-12(14)15)10-7-5-4-6-9(10)2/h4-8H,3H2,1-2H3,(H2,14,15)/b11-8-. The molecular weight excluding hydrogens is 218 g/mol. The van der Waals surface area contributed by atoms with Gasteiger partial charge in [-0.05, 0) is 25.0 Å². The normalized spacial score (nSPS) is 11.1. The number of rotatable bonds is 4. The molecule has 2 N–H and O–H groups in total. The van der Waals surface area contributed by atoms with Gasteiger partial charge in [0.05, 0.1) is 12.2 Å². The lowest BCUT2D eigenvalue weighted by atomic mass is 10.0. The first-order valence-electron chi connectivity index (χ1n) is 5.30. The highest BCUT2D eigenvalue weighted by molar-refractivity contribution is 6.21. The molecule has 0 unspecified atom stereocenters. The Kier molecular flexibility index (Phi) is 4.46. The number of aryl methyl sites for hydroxylation is 1. The van der Waals surface area contributed by atoms with E-state index in [0.29, 0.717) is 5.56 Å². The lowest BCUT2D eigenvalue weighted by Gasteiger charge is -2.09. The van der Waals surface area contributed by atoms with Gasteiger partial charge in [0.1, 0.15) is 0 Å². The van der Waals surface area contributed by atoms with Crippen LogP contribution in [0.15, 0.2) is 30.3 Å². The summed E-state index contributed by atoms with van der Waals surface area (Å²) in [5.41, 5.74) is 6.82. The van der Waals surface area contributed by atoms with E-state index in [2.05, 4.69) is 0 Å². The largest absolute Gasteiger partial charge is 0.462 e. The molecule has 1 amide bonds. The fourth-order valence-corrected chi connectivity index (χ4v) is 1.47. The molecule has 0 radical (unpaired) electrons. The highest BCUT2D eigenvalue weighted by Crippen LogP contribution is 2.19. The molecule has 0 heterocycles. The monoisotopic (exact) mass is 233 g/mol. The molecule has 0 atom stereocenters. The summed E-state index contributed by atoms with van der Waals surface area (Å²) in [6.07, 6.45) is 1.10. The van der Waals surface area contributed by atoms with E-state index in [1.807, 2.05) is 19.1 Å². The molecular formula is C13H15NO3. The van der Waals surface area contributed by atoms with Crippen LogP contribution in [0.3, 0.4) is 0 Å². The Morgan fingerprint density at radius 1 is 1.35 bits per heavy atom. The summed E-state index contributed by atoms with van der Waals surface area (Å²) in [5.74, 6) is -1.21. The lowest BCUT2D eigenvalue weighted by molar-refractivity contribution is -0.136. The van der Waals surface area contributed by atoms with Gasteiger partial charge in [-0.15, -0.1) is 0 Å². The Balaban J connectivity index is 3.21. The maximum absolute atomic E-state index is 11.7. The predicted molar refractivity (Wildman–Crippen MR) is 65.0 cm³/mol. The van der Waals surface area contributed by atoms with E-state index in [0.717, 1.165) is 11.6 Å². The number of ether oxygens (including phenoxy) is 1. The molecule has 0 spiro atoms. The van der Waals surface area contributed by atoms with Crippen LogP contribution in [0.2, 0.25) is 0 Å². The third-order valence-electron chi connectivity index (χ3n) is 2.22. The third-order valence-corrected chi connectivity index (χ3v) is 2.22. The Labute approximate surface area is 100 Å². The Morgan fingerprint density at radius 3 is 2.53 bits per heavy atom.